The first-order valence-electron chi connectivity index (χ1n) is 15.6. The maximum atomic E-state index is 5.63. The van der Waals surface area contributed by atoms with Gasteiger partial charge in [0.15, 0.2) is 0 Å². The molecule has 0 aromatic carbocycles. The van der Waals surface area contributed by atoms with Gasteiger partial charge in [-0.15, -0.1) is 0 Å². The third kappa shape index (κ3) is 34.2. The van der Waals surface area contributed by atoms with Gasteiger partial charge in [0.25, 0.3) is 0 Å². The second kappa shape index (κ2) is 35.9. The molecule has 0 amide bonds. The summed E-state index contributed by atoms with van der Waals surface area (Å²) in [5, 5.41) is 0. The van der Waals surface area contributed by atoms with Crippen molar-refractivity contribution in [2.75, 3.05) is 192 Å². The number of hydrogen-bond acceptors (Lipinski definition) is 14. The van der Waals surface area contributed by atoms with E-state index in [1.54, 1.807) is 0 Å². The summed E-state index contributed by atoms with van der Waals surface area (Å²) in [6, 6.07) is 0. The van der Waals surface area contributed by atoms with E-state index >= 15 is 0 Å². The first kappa shape index (κ1) is 40.5. The van der Waals surface area contributed by atoms with Crippen molar-refractivity contribution in [1.29, 1.82) is 0 Å². The molecule has 0 aromatic heterocycles. The Bertz CT molecular complexity index is 483. The highest BCUT2D eigenvalue weighted by atomic mass is 16.6. The van der Waals surface area contributed by atoms with Crippen LogP contribution in [0.5, 0.6) is 0 Å². The Morgan fingerprint density at radius 1 is 0.209 bits per heavy atom. The molecular weight excluding hydrogens is 570 g/mol. The molecule has 14 heteroatoms. The van der Waals surface area contributed by atoms with Gasteiger partial charge in [0.2, 0.25) is 0 Å². The highest BCUT2D eigenvalue weighted by Gasteiger charge is 2.00. The molecule has 1 saturated heterocycles. The summed E-state index contributed by atoms with van der Waals surface area (Å²) in [6.07, 6.45) is 0. The Kier molecular flexibility index (Phi) is 33.8. The van der Waals surface area contributed by atoms with Crippen molar-refractivity contribution in [1.82, 2.24) is 4.90 Å². The molecule has 258 valence electrons. The predicted octanol–water partition coefficient (Wildman–Crippen LogP) is 0.148. The lowest BCUT2D eigenvalue weighted by Gasteiger charge is -2.16. The minimum Gasteiger partial charge on any atom is -0.378 e. The lowest BCUT2D eigenvalue weighted by Crippen LogP contribution is -2.28. The van der Waals surface area contributed by atoms with Crippen LogP contribution < -0.4 is 0 Å². The summed E-state index contributed by atoms with van der Waals surface area (Å²) < 4.78 is 71.7. The van der Waals surface area contributed by atoms with Gasteiger partial charge in [-0.05, 0) is 7.05 Å². The summed E-state index contributed by atoms with van der Waals surface area (Å²) in [5.41, 5.74) is 0. The normalized spacial score (nSPS) is 24.2. The van der Waals surface area contributed by atoms with Crippen molar-refractivity contribution in [3.63, 3.8) is 0 Å². The van der Waals surface area contributed by atoms with Crippen LogP contribution in [0.2, 0.25) is 0 Å². The molecule has 1 heterocycles. The molecule has 0 aliphatic carbocycles. The summed E-state index contributed by atoms with van der Waals surface area (Å²) in [4.78, 5) is 2.17. The molecule has 0 saturated carbocycles. The third-order valence-corrected chi connectivity index (χ3v) is 5.70. The van der Waals surface area contributed by atoms with Gasteiger partial charge in [-0.3, -0.25) is 0 Å². The maximum absolute atomic E-state index is 5.63. The standard InChI is InChI=1S/C29H59NO13/c1-30-2-4-31-6-8-33-10-12-35-14-16-37-18-20-39-22-24-41-26-28-43-29-27-42-25-23-40-21-19-38-17-15-36-13-11-34-9-7-32-5-3-30/h2-29H2,1H3. The van der Waals surface area contributed by atoms with E-state index in [4.69, 9.17) is 61.6 Å². The molecule has 1 fully saturated rings. The van der Waals surface area contributed by atoms with E-state index in [2.05, 4.69) is 4.90 Å². The minimum atomic E-state index is 0.517. The fourth-order valence-corrected chi connectivity index (χ4v) is 3.29. The monoisotopic (exact) mass is 629 g/mol. The fourth-order valence-electron chi connectivity index (χ4n) is 3.29. The smallest absolute Gasteiger partial charge is 0.0701 e. The molecular formula is C29H59NO13. The van der Waals surface area contributed by atoms with Crippen LogP contribution in [0, 0.1) is 0 Å². The molecule has 0 aromatic rings. The molecule has 0 spiro atoms. The Balaban J connectivity index is 2.04. The van der Waals surface area contributed by atoms with Crippen LogP contribution in [0.15, 0.2) is 0 Å². The van der Waals surface area contributed by atoms with Crippen LogP contribution in [0.3, 0.4) is 0 Å². The van der Waals surface area contributed by atoms with E-state index in [-0.39, 0.29) is 0 Å². The first-order chi connectivity index (χ1) is 21.4. The van der Waals surface area contributed by atoms with Crippen LogP contribution in [0.25, 0.3) is 0 Å². The number of nitrogens with zero attached hydrogens (tertiary/aromatic N) is 1. The van der Waals surface area contributed by atoms with Gasteiger partial charge in [0.05, 0.1) is 172 Å². The third-order valence-electron chi connectivity index (χ3n) is 5.70. The zero-order valence-electron chi connectivity index (χ0n) is 26.6. The fraction of sp³-hybridized carbons (Fsp3) is 1.00. The molecule has 0 N–H and O–H groups in total. The van der Waals surface area contributed by atoms with Crippen LogP contribution in [-0.4, -0.2) is 197 Å². The van der Waals surface area contributed by atoms with E-state index < -0.39 is 0 Å². The second-order valence-electron chi connectivity index (χ2n) is 9.26. The Labute approximate surface area is 258 Å². The van der Waals surface area contributed by atoms with Crippen molar-refractivity contribution in [2.45, 2.75) is 0 Å². The van der Waals surface area contributed by atoms with E-state index in [0.717, 1.165) is 13.1 Å². The highest BCUT2D eigenvalue weighted by molar-refractivity contribution is 4.50. The summed E-state index contributed by atoms with van der Waals surface area (Å²) >= 11 is 0. The lowest BCUT2D eigenvalue weighted by atomic mass is 10.5. The van der Waals surface area contributed by atoms with Gasteiger partial charge in [-0.25, -0.2) is 0 Å². The molecule has 1 aliphatic rings. The highest BCUT2D eigenvalue weighted by Crippen LogP contribution is 1.89. The van der Waals surface area contributed by atoms with Gasteiger partial charge in [-0.2, -0.15) is 0 Å². The van der Waals surface area contributed by atoms with Crippen molar-refractivity contribution in [3.8, 4) is 0 Å². The topological polar surface area (TPSA) is 123 Å². The molecule has 1 rings (SSSR count). The summed E-state index contributed by atoms with van der Waals surface area (Å²) in [5.74, 6) is 0. The SMILES string of the molecule is CN1CCOCCOCCOCCOCCOCCOCCOCCOCCOCCOCCOCCOCCOCC1. The van der Waals surface area contributed by atoms with Crippen molar-refractivity contribution >= 4 is 0 Å². The minimum absolute atomic E-state index is 0.517. The molecule has 0 radical (unpaired) electrons. The number of hydrogen-bond donors (Lipinski definition) is 0. The quantitative estimate of drug-likeness (QED) is 0.361. The summed E-state index contributed by atoms with van der Waals surface area (Å²) in [7, 11) is 2.05. The molecule has 0 unspecified atom stereocenters. The van der Waals surface area contributed by atoms with Crippen LogP contribution in [0.1, 0.15) is 0 Å². The zero-order valence-corrected chi connectivity index (χ0v) is 26.6. The Morgan fingerprint density at radius 2 is 0.326 bits per heavy atom. The van der Waals surface area contributed by atoms with Gasteiger partial charge < -0.3 is 66.5 Å². The van der Waals surface area contributed by atoms with Gasteiger partial charge in [0, 0.05) is 13.1 Å². The lowest BCUT2D eigenvalue weighted by molar-refractivity contribution is -0.0296. The van der Waals surface area contributed by atoms with E-state index in [0.29, 0.717) is 172 Å². The summed E-state index contributed by atoms with van der Waals surface area (Å²) in [6.45, 7) is 15.6. The van der Waals surface area contributed by atoms with Crippen molar-refractivity contribution in [2.24, 2.45) is 0 Å². The van der Waals surface area contributed by atoms with Crippen molar-refractivity contribution < 1.29 is 61.6 Å². The Morgan fingerprint density at radius 3 is 0.465 bits per heavy atom. The molecule has 14 nitrogen and oxygen atoms in total. The Hall–Kier alpha value is -0.560. The molecule has 0 bridgehead atoms. The average molecular weight is 630 g/mol. The average Bonchev–Trinajstić information content (AvgIpc) is 3.01. The van der Waals surface area contributed by atoms with Crippen LogP contribution >= 0.6 is 0 Å². The van der Waals surface area contributed by atoms with Crippen molar-refractivity contribution in [3.05, 3.63) is 0 Å². The number of rotatable bonds is 0. The molecule has 0 atom stereocenters. The van der Waals surface area contributed by atoms with E-state index in [1.165, 1.54) is 0 Å². The van der Waals surface area contributed by atoms with E-state index in [9.17, 15) is 0 Å². The van der Waals surface area contributed by atoms with Crippen LogP contribution in [-0.2, 0) is 61.6 Å². The predicted molar refractivity (Wildman–Crippen MR) is 158 cm³/mol. The second-order valence-corrected chi connectivity index (χ2v) is 9.26. The van der Waals surface area contributed by atoms with Gasteiger partial charge in [0.1, 0.15) is 0 Å². The molecule has 43 heavy (non-hydrogen) atoms. The van der Waals surface area contributed by atoms with Gasteiger partial charge in [-0.1, -0.05) is 0 Å². The maximum Gasteiger partial charge on any atom is 0.0701 e. The zero-order chi connectivity index (χ0) is 30.6. The number of ether oxygens (including phenoxy) is 13. The van der Waals surface area contributed by atoms with Crippen LogP contribution in [0.4, 0.5) is 0 Å². The first-order valence-corrected chi connectivity index (χ1v) is 15.6. The molecule has 1 aliphatic heterocycles. The largest absolute Gasteiger partial charge is 0.378 e. The number of likely N-dealkylation sites (N-methyl/N-ethyl adjacent to an activating group) is 1. The van der Waals surface area contributed by atoms with Gasteiger partial charge >= 0.3 is 0 Å². The van der Waals surface area contributed by atoms with E-state index in [1.807, 2.05) is 7.05 Å².